The minimum atomic E-state index is -0.395. The van der Waals surface area contributed by atoms with Crippen molar-refractivity contribution >= 4 is 17.3 Å². The second kappa shape index (κ2) is 6.54. The molecule has 1 rings (SSSR count). The fourth-order valence-electron chi connectivity index (χ4n) is 1.26. The maximum atomic E-state index is 11.1. The topological polar surface area (TPSA) is 87.6 Å². The van der Waals surface area contributed by atoms with Crippen molar-refractivity contribution in [2.45, 2.75) is 13.3 Å². The van der Waals surface area contributed by atoms with Crippen LogP contribution in [0.2, 0.25) is 0 Å². The van der Waals surface area contributed by atoms with Crippen LogP contribution in [0.3, 0.4) is 0 Å². The molecule has 0 amide bonds. The Morgan fingerprint density at radius 2 is 1.89 bits per heavy atom. The zero-order valence-electron chi connectivity index (χ0n) is 10.4. The SMILES string of the molecule is C=C(C)C(=O)OCCCOc1c(N)cccc1N. The van der Waals surface area contributed by atoms with Crippen molar-refractivity contribution in [1.29, 1.82) is 0 Å². The Morgan fingerprint density at radius 1 is 1.28 bits per heavy atom. The third-order valence-electron chi connectivity index (χ3n) is 2.19. The fourth-order valence-corrected chi connectivity index (χ4v) is 1.26. The maximum absolute atomic E-state index is 11.1. The highest BCUT2D eigenvalue weighted by Crippen LogP contribution is 2.28. The van der Waals surface area contributed by atoms with E-state index in [-0.39, 0.29) is 6.61 Å². The molecule has 0 aromatic heterocycles. The van der Waals surface area contributed by atoms with Crippen LogP contribution < -0.4 is 16.2 Å². The number of carbonyl (C=O) groups is 1. The number of nitrogens with two attached hydrogens (primary N) is 2. The van der Waals surface area contributed by atoms with Crippen LogP contribution in [-0.4, -0.2) is 19.2 Å². The van der Waals surface area contributed by atoms with Crippen molar-refractivity contribution in [2.24, 2.45) is 0 Å². The van der Waals surface area contributed by atoms with Crippen molar-refractivity contribution in [2.75, 3.05) is 24.7 Å². The lowest BCUT2D eigenvalue weighted by atomic mass is 10.2. The van der Waals surface area contributed by atoms with E-state index >= 15 is 0 Å². The Morgan fingerprint density at radius 3 is 2.44 bits per heavy atom. The van der Waals surface area contributed by atoms with Crippen LogP contribution in [0.4, 0.5) is 11.4 Å². The van der Waals surface area contributed by atoms with Gasteiger partial charge in [-0.05, 0) is 19.1 Å². The molecule has 0 saturated heterocycles. The maximum Gasteiger partial charge on any atom is 0.333 e. The van der Waals surface area contributed by atoms with E-state index in [9.17, 15) is 4.79 Å². The minimum absolute atomic E-state index is 0.276. The van der Waals surface area contributed by atoms with E-state index in [0.29, 0.717) is 35.7 Å². The van der Waals surface area contributed by atoms with Gasteiger partial charge in [0.05, 0.1) is 24.6 Å². The standard InChI is InChI=1S/C13H18N2O3/c1-9(2)13(16)18-8-4-7-17-12-10(14)5-3-6-11(12)15/h3,5-6H,1,4,7-8,14-15H2,2H3. The van der Waals surface area contributed by atoms with Crippen molar-refractivity contribution in [3.05, 3.63) is 30.4 Å². The molecule has 1 aromatic carbocycles. The van der Waals surface area contributed by atoms with Gasteiger partial charge in [0.25, 0.3) is 0 Å². The lowest BCUT2D eigenvalue weighted by molar-refractivity contribution is -0.139. The number of ether oxygens (including phenoxy) is 2. The van der Waals surface area contributed by atoms with E-state index in [1.807, 2.05) is 0 Å². The quantitative estimate of drug-likeness (QED) is 0.347. The summed E-state index contributed by atoms with van der Waals surface area (Å²) < 4.78 is 10.4. The highest BCUT2D eigenvalue weighted by Gasteiger charge is 2.05. The number of hydrogen-bond donors (Lipinski definition) is 2. The van der Waals surface area contributed by atoms with E-state index in [0.717, 1.165) is 0 Å². The Bertz CT molecular complexity index is 424. The molecule has 5 nitrogen and oxygen atoms in total. The second-order valence-corrected chi connectivity index (χ2v) is 3.88. The molecular weight excluding hydrogens is 232 g/mol. The summed E-state index contributed by atoms with van der Waals surface area (Å²) in [6.45, 7) is 5.74. The first-order chi connectivity index (χ1) is 8.52. The summed E-state index contributed by atoms with van der Waals surface area (Å²) in [5, 5.41) is 0. The first-order valence-corrected chi connectivity index (χ1v) is 5.61. The Balaban J connectivity index is 2.30. The molecule has 0 bridgehead atoms. The number of benzene rings is 1. The molecule has 0 heterocycles. The van der Waals surface area contributed by atoms with E-state index in [1.54, 1.807) is 25.1 Å². The Hall–Kier alpha value is -2.17. The van der Waals surface area contributed by atoms with Crippen LogP contribution in [0.25, 0.3) is 0 Å². The lowest BCUT2D eigenvalue weighted by Gasteiger charge is -2.11. The average Bonchev–Trinajstić information content (AvgIpc) is 2.31. The van der Waals surface area contributed by atoms with Crippen molar-refractivity contribution in [3.63, 3.8) is 0 Å². The molecule has 98 valence electrons. The molecule has 18 heavy (non-hydrogen) atoms. The smallest absolute Gasteiger partial charge is 0.333 e. The van der Waals surface area contributed by atoms with Gasteiger partial charge < -0.3 is 20.9 Å². The van der Waals surface area contributed by atoms with Gasteiger partial charge in [-0.1, -0.05) is 12.6 Å². The summed E-state index contributed by atoms with van der Waals surface area (Å²) in [5.74, 6) is 0.0810. The molecule has 0 aliphatic rings. The highest BCUT2D eigenvalue weighted by atomic mass is 16.5. The number of carbonyl (C=O) groups excluding carboxylic acids is 1. The van der Waals surface area contributed by atoms with Crippen LogP contribution in [0.5, 0.6) is 5.75 Å². The molecular formula is C13H18N2O3. The van der Waals surface area contributed by atoms with Crippen LogP contribution in [0.1, 0.15) is 13.3 Å². The van der Waals surface area contributed by atoms with Gasteiger partial charge in [-0.25, -0.2) is 4.79 Å². The van der Waals surface area contributed by atoms with Crippen molar-refractivity contribution in [1.82, 2.24) is 0 Å². The molecule has 5 heteroatoms. The van der Waals surface area contributed by atoms with Gasteiger partial charge in [0.1, 0.15) is 0 Å². The van der Waals surface area contributed by atoms with Gasteiger partial charge in [0, 0.05) is 12.0 Å². The van der Waals surface area contributed by atoms with Crippen molar-refractivity contribution < 1.29 is 14.3 Å². The minimum Gasteiger partial charge on any atom is -0.489 e. The molecule has 0 fully saturated rings. The van der Waals surface area contributed by atoms with Gasteiger partial charge >= 0.3 is 5.97 Å². The molecule has 1 aromatic rings. The predicted molar refractivity (Wildman–Crippen MR) is 71.2 cm³/mol. The van der Waals surface area contributed by atoms with Crippen molar-refractivity contribution in [3.8, 4) is 5.75 Å². The number of esters is 1. The van der Waals surface area contributed by atoms with Crippen LogP contribution in [0, 0.1) is 0 Å². The fraction of sp³-hybridized carbons (Fsp3) is 0.308. The Kier molecular flexibility index (Phi) is 5.05. The van der Waals surface area contributed by atoms with E-state index in [1.165, 1.54) is 0 Å². The summed E-state index contributed by atoms with van der Waals surface area (Å²) in [7, 11) is 0. The van der Waals surface area contributed by atoms with Gasteiger partial charge in [0.2, 0.25) is 0 Å². The monoisotopic (exact) mass is 250 g/mol. The first-order valence-electron chi connectivity index (χ1n) is 5.61. The van der Waals surface area contributed by atoms with E-state index in [4.69, 9.17) is 20.9 Å². The van der Waals surface area contributed by atoms with E-state index < -0.39 is 5.97 Å². The lowest BCUT2D eigenvalue weighted by Crippen LogP contribution is -2.10. The summed E-state index contributed by atoms with van der Waals surface area (Å²) in [5.41, 5.74) is 12.8. The predicted octanol–water partition coefficient (Wildman–Crippen LogP) is 1.74. The third-order valence-corrected chi connectivity index (χ3v) is 2.19. The number of hydrogen-bond acceptors (Lipinski definition) is 5. The molecule has 0 unspecified atom stereocenters. The first kappa shape index (κ1) is 13.9. The normalized spacial score (nSPS) is 9.83. The third kappa shape index (κ3) is 4.01. The summed E-state index contributed by atoms with van der Waals surface area (Å²) >= 11 is 0. The molecule has 0 spiro atoms. The molecule has 0 saturated carbocycles. The van der Waals surface area contributed by atoms with Gasteiger partial charge in [0.15, 0.2) is 5.75 Å². The Labute approximate surface area is 106 Å². The zero-order valence-corrected chi connectivity index (χ0v) is 10.4. The summed E-state index contributed by atoms with van der Waals surface area (Å²) in [6.07, 6.45) is 0.562. The summed E-state index contributed by atoms with van der Waals surface area (Å²) in [4.78, 5) is 11.1. The van der Waals surface area contributed by atoms with Crippen LogP contribution in [0.15, 0.2) is 30.4 Å². The van der Waals surface area contributed by atoms with Crippen LogP contribution >= 0.6 is 0 Å². The average molecular weight is 250 g/mol. The molecule has 0 aliphatic carbocycles. The molecule has 0 aliphatic heterocycles. The number of rotatable bonds is 6. The molecule has 0 radical (unpaired) electrons. The number of para-hydroxylation sites is 1. The van der Waals surface area contributed by atoms with Gasteiger partial charge in [-0.3, -0.25) is 0 Å². The number of nitrogen functional groups attached to an aromatic ring is 2. The molecule has 0 atom stereocenters. The van der Waals surface area contributed by atoms with Gasteiger partial charge in [-0.2, -0.15) is 0 Å². The summed E-state index contributed by atoms with van der Waals surface area (Å²) in [6, 6.07) is 5.19. The van der Waals surface area contributed by atoms with Crippen LogP contribution in [-0.2, 0) is 9.53 Å². The number of anilines is 2. The van der Waals surface area contributed by atoms with Gasteiger partial charge in [-0.15, -0.1) is 0 Å². The zero-order chi connectivity index (χ0) is 13.5. The largest absolute Gasteiger partial charge is 0.489 e. The molecule has 4 N–H and O–H groups in total. The second-order valence-electron chi connectivity index (χ2n) is 3.88. The van der Waals surface area contributed by atoms with E-state index in [2.05, 4.69) is 6.58 Å². The highest BCUT2D eigenvalue weighted by molar-refractivity contribution is 5.86.